The second-order valence-corrected chi connectivity index (χ2v) is 6.45. The van der Waals surface area contributed by atoms with Crippen LogP contribution in [0.15, 0.2) is 51.4 Å². The predicted octanol–water partition coefficient (Wildman–Crippen LogP) is 5.56. The van der Waals surface area contributed by atoms with E-state index in [1.807, 2.05) is 24.3 Å². The first kappa shape index (κ1) is 15.0. The summed E-state index contributed by atoms with van der Waals surface area (Å²) in [5, 5.41) is 4.27. The van der Waals surface area contributed by atoms with Crippen molar-refractivity contribution in [2.75, 3.05) is 6.54 Å². The molecule has 1 atom stereocenters. The van der Waals surface area contributed by atoms with Crippen LogP contribution < -0.4 is 5.32 Å². The summed E-state index contributed by atoms with van der Waals surface area (Å²) >= 11 is 13.4. The minimum absolute atomic E-state index is 0.0903. The number of hydrogen-bond donors (Lipinski definition) is 1. The van der Waals surface area contributed by atoms with Crippen molar-refractivity contribution in [1.29, 1.82) is 0 Å². The molecule has 0 fully saturated rings. The normalized spacial score (nSPS) is 12.4. The van der Waals surface area contributed by atoms with Crippen molar-refractivity contribution in [3.8, 4) is 0 Å². The van der Waals surface area contributed by atoms with Crippen LogP contribution in [0.25, 0.3) is 0 Å². The Kier molecular flexibility index (Phi) is 5.46. The van der Waals surface area contributed by atoms with Gasteiger partial charge in [-0.2, -0.15) is 0 Å². The van der Waals surface area contributed by atoms with Crippen molar-refractivity contribution in [2.24, 2.45) is 0 Å². The molecule has 0 amide bonds. The number of halogens is 3. The average molecular weight is 404 g/mol. The molecule has 1 nitrogen and oxygen atoms in total. The third-order valence-electron chi connectivity index (χ3n) is 2.84. The van der Waals surface area contributed by atoms with Crippen molar-refractivity contribution >= 4 is 43.5 Å². The lowest BCUT2D eigenvalue weighted by Gasteiger charge is -2.20. The second-order valence-electron chi connectivity index (χ2n) is 4.21. The van der Waals surface area contributed by atoms with E-state index in [0.717, 1.165) is 26.1 Å². The maximum absolute atomic E-state index is 6.32. The van der Waals surface area contributed by atoms with Gasteiger partial charge in [-0.15, -0.1) is 0 Å². The van der Waals surface area contributed by atoms with Gasteiger partial charge in [0.25, 0.3) is 0 Å². The van der Waals surface area contributed by atoms with Crippen molar-refractivity contribution < 1.29 is 0 Å². The molecule has 0 aromatic heterocycles. The molecule has 100 valence electrons. The number of rotatable bonds is 4. The number of nitrogens with one attached hydrogen (secondary N) is 1. The van der Waals surface area contributed by atoms with Crippen LogP contribution in [-0.4, -0.2) is 6.54 Å². The van der Waals surface area contributed by atoms with Gasteiger partial charge in [0.2, 0.25) is 0 Å². The molecule has 1 N–H and O–H groups in total. The van der Waals surface area contributed by atoms with Gasteiger partial charge in [0.15, 0.2) is 0 Å². The van der Waals surface area contributed by atoms with E-state index in [0.29, 0.717) is 0 Å². The lowest BCUT2D eigenvalue weighted by Crippen LogP contribution is -2.22. The fraction of sp³-hybridized carbons (Fsp3) is 0.200. The molecule has 0 spiro atoms. The van der Waals surface area contributed by atoms with Crippen LogP contribution >= 0.6 is 43.5 Å². The Labute approximate surface area is 135 Å². The highest BCUT2D eigenvalue weighted by Gasteiger charge is 2.16. The van der Waals surface area contributed by atoms with Gasteiger partial charge in [-0.05, 0) is 41.9 Å². The Bertz CT molecular complexity index is 552. The van der Waals surface area contributed by atoms with Crippen LogP contribution in [0.5, 0.6) is 0 Å². The Hall–Kier alpha value is -0.350. The van der Waals surface area contributed by atoms with Crippen LogP contribution in [0.3, 0.4) is 0 Å². The Morgan fingerprint density at radius 1 is 1.11 bits per heavy atom. The Morgan fingerprint density at radius 2 is 1.74 bits per heavy atom. The summed E-state index contributed by atoms with van der Waals surface area (Å²) in [4.78, 5) is 0. The average Bonchev–Trinajstić information content (AvgIpc) is 2.36. The Morgan fingerprint density at radius 3 is 2.32 bits per heavy atom. The molecule has 0 saturated heterocycles. The van der Waals surface area contributed by atoms with E-state index in [1.165, 1.54) is 5.56 Å². The molecule has 0 heterocycles. The number of benzene rings is 2. The first-order valence-corrected chi connectivity index (χ1v) is 8.02. The zero-order chi connectivity index (χ0) is 13.8. The Balaban J connectivity index is 2.48. The minimum Gasteiger partial charge on any atom is -0.306 e. The highest BCUT2D eigenvalue weighted by atomic mass is 79.9. The molecule has 0 saturated carbocycles. The summed E-state index contributed by atoms with van der Waals surface area (Å²) in [5.41, 5.74) is 2.27. The van der Waals surface area contributed by atoms with Crippen molar-refractivity contribution in [1.82, 2.24) is 5.32 Å². The van der Waals surface area contributed by atoms with Gasteiger partial charge in [-0.25, -0.2) is 0 Å². The smallest absolute Gasteiger partial charge is 0.0592 e. The highest BCUT2D eigenvalue weighted by Crippen LogP contribution is 2.31. The van der Waals surface area contributed by atoms with E-state index in [2.05, 4.69) is 62.3 Å². The molecule has 0 bridgehead atoms. The zero-order valence-corrected chi connectivity index (χ0v) is 14.4. The highest BCUT2D eigenvalue weighted by molar-refractivity contribution is 9.11. The maximum Gasteiger partial charge on any atom is 0.0592 e. The summed E-state index contributed by atoms with van der Waals surface area (Å²) in [6.07, 6.45) is 0. The molecule has 2 aromatic carbocycles. The van der Waals surface area contributed by atoms with E-state index < -0.39 is 0 Å². The largest absolute Gasteiger partial charge is 0.306 e. The molecule has 0 aliphatic heterocycles. The summed E-state index contributed by atoms with van der Waals surface area (Å²) in [7, 11) is 0. The molecule has 0 radical (unpaired) electrons. The third-order valence-corrected chi connectivity index (χ3v) is 4.10. The second kappa shape index (κ2) is 6.89. The van der Waals surface area contributed by atoms with Crippen LogP contribution in [0.1, 0.15) is 24.1 Å². The summed E-state index contributed by atoms with van der Waals surface area (Å²) < 4.78 is 2.10. The van der Waals surface area contributed by atoms with Crippen LogP contribution in [-0.2, 0) is 0 Å². The van der Waals surface area contributed by atoms with Gasteiger partial charge in [-0.3, -0.25) is 0 Å². The first-order chi connectivity index (χ1) is 9.11. The fourth-order valence-electron chi connectivity index (χ4n) is 2.06. The van der Waals surface area contributed by atoms with Gasteiger partial charge in [0.1, 0.15) is 0 Å². The first-order valence-electron chi connectivity index (χ1n) is 6.05. The lowest BCUT2D eigenvalue weighted by atomic mass is 9.98. The van der Waals surface area contributed by atoms with E-state index in [1.54, 1.807) is 0 Å². The summed E-state index contributed by atoms with van der Waals surface area (Å²) in [6, 6.07) is 14.3. The van der Waals surface area contributed by atoms with E-state index in [9.17, 15) is 0 Å². The third kappa shape index (κ3) is 3.82. The summed E-state index contributed by atoms with van der Waals surface area (Å²) in [5.74, 6) is 0. The van der Waals surface area contributed by atoms with E-state index in [-0.39, 0.29) is 6.04 Å². The van der Waals surface area contributed by atoms with E-state index in [4.69, 9.17) is 11.6 Å². The van der Waals surface area contributed by atoms with E-state index >= 15 is 0 Å². The van der Waals surface area contributed by atoms with Gasteiger partial charge in [-0.1, -0.05) is 68.6 Å². The monoisotopic (exact) mass is 401 g/mol. The standard InChI is InChI=1S/C15H14Br2ClN/c1-2-19-15(13-5-3-4-6-14(13)18)10-7-11(16)9-12(17)8-10/h3-9,15,19H,2H2,1H3. The van der Waals surface area contributed by atoms with Crippen molar-refractivity contribution in [2.45, 2.75) is 13.0 Å². The molecule has 4 heteroatoms. The molecular formula is C15H14Br2ClN. The SMILES string of the molecule is CCNC(c1cc(Br)cc(Br)c1)c1ccccc1Cl. The quantitative estimate of drug-likeness (QED) is 0.704. The topological polar surface area (TPSA) is 12.0 Å². The van der Waals surface area contributed by atoms with Gasteiger partial charge in [0, 0.05) is 14.0 Å². The number of hydrogen-bond acceptors (Lipinski definition) is 1. The van der Waals surface area contributed by atoms with Crippen LogP contribution in [0, 0.1) is 0 Å². The van der Waals surface area contributed by atoms with Crippen molar-refractivity contribution in [3.63, 3.8) is 0 Å². The molecule has 19 heavy (non-hydrogen) atoms. The van der Waals surface area contributed by atoms with Crippen LogP contribution in [0.4, 0.5) is 0 Å². The van der Waals surface area contributed by atoms with Crippen LogP contribution in [0.2, 0.25) is 5.02 Å². The molecule has 0 aliphatic carbocycles. The minimum atomic E-state index is 0.0903. The van der Waals surface area contributed by atoms with Gasteiger partial charge in [0.05, 0.1) is 6.04 Å². The maximum atomic E-state index is 6.32. The predicted molar refractivity (Wildman–Crippen MR) is 88.8 cm³/mol. The van der Waals surface area contributed by atoms with Gasteiger partial charge < -0.3 is 5.32 Å². The molecular weight excluding hydrogens is 389 g/mol. The molecule has 0 aliphatic rings. The fourth-order valence-corrected chi connectivity index (χ4v) is 3.64. The van der Waals surface area contributed by atoms with Crippen molar-refractivity contribution in [3.05, 3.63) is 67.6 Å². The lowest BCUT2D eigenvalue weighted by molar-refractivity contribution is 0.630. The van der Waals surface area contributed by atoms with Gasteiger partial charge >= 0.3 is 0 Å². The summed E-state index contributed by atoms with van der Waals surface area (Å²) in [6.45, 7) is 2.97. The zero-order valence-electron chi connectivity index (χ0n) is 10.5. The molecule has 1 unspecified atom stereocenters. The molecule has 2 aromatic rings. The molecule has 2 rings (SSSR count).